The van der Waals surface area contributed by atoms with Crippen molar-refractivity contribution in [3.8, 4) is 0 Å². The zero-order valence-electron chi connectivity index (χ0n) is 14.8. The minimum atomic E-state index is -3.22. The maximum atomic E-state index is 12.0. The molecular weight excluding hydrogens is 344 g/mol. The van der Waals surface area contributed by atoms with Crippen LogP contribution in [0.25, 0.3) is 6.08 Å². The summed E-state index contributed by atoms with van der Waals surface area (Å²) in [6.07, 6.45) is 3.97. The van der Waals surface area contributed by atoms with E-state index in [1.807, 2.05) is 12.1 Å². The Balaban J connectivity index is 1.31. The zero-order valence-corrected chi connectivity index (χ0v) is 15.6. The van der Waals surface area contributed by atoms with Crippen LogP contribution in [0.3, 0.4) is 0 Å². The molecule has 2 aromatic carbocycles. The second-order valence-electron chi connectivity index (χ2n) is 7.09. The summed E-state index contributed by atoms with van der Waals surface area (Å²) >= 11 is 0. The van der Waals surface area contributed by atoms with Gasteiger partial charge in [-0.15, -0.1) is 0 Å². The van der Waals surface area contributed by atoms with Crippen LogP contribution in [0, 0.1) is 0 Å². The first-order chi connectivity index (χ1) is 12.6. The van der Waals surface area contributed by atoms with Gasteiger partial charge in [0.1, 0.15) is 0 Å². The number of fused-ring (bicyclic) bond motifs is 1. The van der Waals surface area contributed by atoms with Gasteiger partial charge in [0.15, 0.2) is 9.84 Å². The lowest BCUT2D eigenvalue weighted by Gasteiger charge is -2.32. The molecule has 2 heterocycles. The zero-order chi connectivity index (χ0) is 18.0. The molecule has 0 atom stereocenters. The van der Waals surface area contributed by atoms with Crippen LogP contribution >= 0.6 is 0 Å². The average Bonchev–Trinajstić information content (AvgIpc) is 2.98. The number of rotatable bonds is 5. The van der Waals surface area contributed by atoms with E-state index in [-0.39, 0.29) is 0 Å². The second-order valence-corrected chi connectivity index (χ2v) is 8.90. The highest BCUT2D eigenvalue weighted by atomic mass is 32.2. The van der Waals surface area contributed by atoms with Gasteiger partial charge in [-0.25, -0.2) is 8.42 Å². The maximum absolute atomic E-state index is 12.0. The average molecular weight is 369 g/mol. The fourth-order valence-corrected chi connectivity index (χ4v) is 5.04. The minimum Gasteiger partial charge on any atom is -0.310 e. The summed E-state index contributed by atoms with van der Waals surface area (Å²) in [6, 6.07) is 16.6. The van der Waals surface area contributed by atoms with Crippen molar-refractivity contribution in [3.05, 3.63) is 70.6 Å². The van der Waals surface area contributed by atoms with Gasteiger partial charge in [0.05, 0.1) is 4.90 Å². The van der Waals surface area contributed by atoms with Gasteiger partial charge in [-0.05, 0) is 54.8 Å². The maximum Gasteiger partial charge on any atom is 0.200 e. The summed E-state index contributed by atoms with van der Waals surface area (Å²) in [5.41, 5.74) is 3.28. The van der Waals surface area contributed by atoms with Gasteiger partial charge >= 0.3 is 0 Å². The lowest BCUT2D eigenvalue weighted by Crippen LogP contribution is -2.41. The van der Waals surface area contributed by atoms with E-state index in [0.29, 0.717) is 17.5 Å². The Bertz CT molecular complexity index is 899. The van der Waals surface area contributed by atoms with E-state index < -0.39 is 9.84 Å². The molecule has 26 heavy (non-hydrogen) atoms. The number of benzene rings is 2. The molecule has 0 spiro atoms. The van der Waals surface area contributed by atoms with Crippen LogP contribution in [0.1, 0.15) is 29.5 Å². The molecule has 0 aliphatic carbocycles. The first kappa shape index (κ1) is 17.5. The second kappa shape index (κ2) is 7.35. The van der Waals surface area contributed by atoms with E-state index in [2.05, 4.69) is 40.5 Å². The fourth-order valence-electron chi connectivity index (χ4n) is 3.80. The summed E-state index contributed by atoms with van der Waals surface area (Å²) in [5.74, 6) is 0. The third-order valence-electron chi connectivity index (χ3n) is 5.29. The third kappa shape index (κ3) is 3.75. The molecule has 136 valence electrons. The number of likely N-dealkylation sites (tertiary alicyclic amines) is 1. The number of hydrogen-bond acceptors (Lipinski definition) is 4. The van der Waals surface area contributed by atoms with E-state index in [9.17, 15) is 8.42 Å². The number of hydrogen-bond donors (Lipinski definition) is 1. The predicted molar refractivity (Wildman–Crippen MR) is 104 cm³/mol. The molecule has 2 aliphatic heterocycles. The third-order valence-corrected chi connectivity index (χ3v) is 6.76. The van der Waals surface area contributed by atoms with Gasteiger partial charge in [0, 0.05) is 24.5 Å². The SMILES string of the molecule is O=S1(=O)C=Cc2c(CNC3CCN(Cc4ccccc4)CC3)cccc21. The van der Waals surface area contributed by atoms with Crippen molar-refractivity contribution >= 4 is 15.9 Å². The molecule has 4 nitrogen and oxygen atoms in total. The van der Waals surface area contributed by atoms with Crippen molar-refractivity contribution in [3.63, 3.8) is 0 Å². The largest absolute Gasteiger partial charge is 0.310 e. The molecule has 2 aliphatic rings. The van der Waals surface area contributed by atoms with Crippen LogP contribution < -0.4 is 5.32 Å². The van der Waals surface area contributed by atoms with Gasteiger partial charge in [-0.2, -0.15) is 0 Å². The Morgan fingerprint density at radius 2 is 1.77 bits per heavy atom. The molecule has 5 heteroatoms. The van der Waals surface area contributed by atoms with Gasteiger partial charge in [-0.3, -0.25) is 4.90 Å². The number of sulfone groups is 1. The van der Waals surface area contributed by atoms with Crippen molar-refractivity contribution in [1.29, 1.82) is 0 Å². The monoisotopic (exact) mass is 368 g/mol. The summed E-state index contributed by atoms with van der Waals surface area (Å²) in [6.45, 7) is 3.91. The highest BCUT2D eigenvalue weighted by Crippen LogP contribution is 2.29. The van der Waals surface area contributed by atoms with Gasteiger partial charge in [0.25, 0.3) is 0 Å². The summed E-state index contributed by atoms with van der Waals surface area (Å²) in [5, 5.41) is 4.93. The van der Waals surface area contributed by atoms with E-state index in [1.165, 1.54) is 11.0 Å². The van der Waals surface area contributed by atoms with Crippen LogP contribution in [-0.4, -0.2) is 32.4 Å². The van der Waals surface area contributed by atoms with Crippen molar-refractivity contribution in [2.24, 2.45) is 0 Å². The molecule has 0 amide bonds. The number of piperidine rings is 1. The predicted octanol–water partition coefficient (Wildman–Crippen LogP) is 3.20. The molecule has 1 N–H and O–H groups in total. The van der Waals surface area contributed by atoms with E-state index in [4.69, 9.17) is 0 Å². The molecule has 0 unspecified atom stereocenters. The molecule has 4 rings (SSSR count). The lowest BCUT2D eigenvalue weighted by molar-refractivity contribution is 0.190. The Morgan fingerprint density at radius 3 is 2.54 bits per heavy atom. The van der Waals surface area contributed by atoms with Crippen molar-refractivity contribution in [2.45, 2.75) is 36.9 Å². The molecule has 0 saturated carbocycles. The Hall–Kier alpha value is -1.95. The molecule has 0 bridgehead atoms. The highest BCUT2D eigenvalue weighted by Gasteiger charge is 2.23. The number of nitrogens with one attached hydrogen (secondary N) is 1. The summed E-state index contributed by atoms with van der Waals surface area (Å²) in [4.78, 5) is 2.94. The molecular formula is C21H24N2O2S. The molecule has 0 radical (unpaired) electrons. The van der Waals surface area contributed by atoms with Crippen LogP contribution in [0.5, 0.6) is 0 Å². The first-order valence-corrected chi connectivity index (χ1v) is 10.7. The highest BCUT2D eigenvalue weighted by molar-refractivity contribution is 7.94. The van der Waals surface area contributed by atoms with E-state index in [1.54, 1.807) is 12.1 Å². The standard InChI is InChI=1S/C21H24N2O2S/c24-26(25)14-11-20-18(7-4-8-21(20)26)15-22-19-9-12-23(13-10-19)16-17-5-2-1-3-6-17/h1-8,11,14,19,22H,9-10,12-13,15-16H2. The van der Waals surface area contributed by atoms with Crippen LogP contribution in [0.4, 0.5) is 0 Å². The van der Waals surface area contributed by atoms with Gasteiger partial charge < -0.3 is 5.32 Å². The molecule has 1 saturated heterocycles. The van der Waals surface area contributed by atoms with Crippen molar-refractivity contribution in [1.82, 2.24) is 10.2 Å². The molecule has 2 aromatic rings. The van der Waals surface area contributed by atoms with Crippen molar-refractivity contribution < 1.29 is 8.42 Å². The van der Waals surface area contributed by atoms with Crippen LogP contribution in [0.15, 0.2) is 58.8 Å². The van der Waals surface area contributed by atoms with Crippen LogP contribution in [0.2, 0.25) is 0 Å². The molecule has 1 fully saturated rings. The fraction of sp³-hybridized carbons (Fsp3) is 0.333. The minimum absolute atomic E-state index is 0.439. The number of nitrogens with zero attached hydrogens (tertiary/aromatic N) is 1. The lowest BCUT2D eigenvalue weighted by atomic mass is 10.0. The molecule has 0 aromatic heterocycles. The smallest absolute Gasteiger partial charge is 0.200 e. The van der Waals surface area contributed by atoms with Crippen LogP contribution in [-0.2, 0) is 22.9 Å². The topological polar surface area (TPSA) is 49.4 Å². The van der Waals surface area contributed by atoms with Crippen molar-refractivity contribution in [2.75, 3.05) is 13.1 Å². The normalized spacial score (nSPS) is 19.5. The first-order valence-electron chi connectivity index (χ1n) is 9.16. The van der Waals surface area contributed by atoms with Gasteiger partial charge in [-0.1, -0.05) is 42.5 Å². The van der Waals surface area contributed by atoms with Gasteiger partial charge in [0.2, 0.25) is 0 Å². The van der Waals surface area contributed by atoms with E-state index >= 15 is 0 Å². The summed E-state index contributed by atoms with van der Waals surface area (Å²) in [7, 11) is -3.22. The Kier molecular flexibility index (Phi) is 4.94. The summed E-state index contributed by atoms with van der Waals surface area (Å²) < 4.78 is 24.0. The Morgan fingerprint density at radius 1 is 1.00 bits per heavy atom. The quantitative estimate of drug-likeness (QED) is 0.881. The Labute approximate surface area is 155 Å². The van der Waals surface area contributed by atoms with E-state index in [0.717, 1.165) is 43.6 Å².